The van der Waals surface area contributed by atoms with E-state index >= 15 is 0 Å². The van der Waals surface area contributed by atoms with Gasteiger partial charge in [-0.05, 0) is 11.6 Å². The number of ether oxygens (including phenoxy) is 1. The van der Waals surface area contributed by atoms with Crippen LogP contribution in [0.5, 0.6) is 0 Å². The largest absolute Gasteiger partial charge is 0.378 e. The summed E-state index contributed by atoms with van der Waals surface area (Å²) in [4.78, 5) is 10.2. The number of nitrogens with zero attached hydrogens (tertiary/aromatic N) is 1. The molecule has 5 nitrogen and oxygen atoms in total. The van der Waals surface area contributed by atoms with Gasteiger partial charge in [0.1, 0.15) is 5.02 Å². The Morgan fingerprint density at radius 1 is 1.56 bits per heavy atom. The third-order valence-corrected chi connectivity index (χ3v) is 2.76. The van der Waals surface area contributed by atoms with Crippen LogP contribution in [0.1, 0.15) is 5.56 Å². The topological polar surface area (TPSA) is 64.4 Å². The number of nitro benzene ring substituents is 1. The fourth-order valence-corrected chi connectivity index (χ4v) is 1.61. The van der Waals surface area contributed by atoms with Gasteiger partial charge in [-0.2, -0.15) is 0 Å². The van der Waals surface area contributed by atoms with Crippen molar-refractivity contribution in [3.05, 3.63) is 38.9 Å². The molecular formula is C10H11ClN2O3. The second kappa shape index (κ2) is 4.78. The van der Waals surface area contributed by atoms with E-state index in [-0.39, 0.29) is 10.7 Å². The van der Waals surface area contributed by atoms with Gasteiger partial charge < -0.3 is 10.1 Å². The second-order valence-electron chi connectivity index (χ2n) is 3.66. The van der Waals surface area contributed by atoms with Crippen molar-refractivity contribution in [2.24, 2.45) is 0 Å². The smallest absolute Gasteiger partial charge is 0.288 e. The van der Waals surface area contributed by atoms with Gasteiger partial charge >= 0.3 is 0 Å². The first kappa shape index (κ1) is 11.3. The molecule has 1 saturated heterocycles. The summed E-state index contributed by atoms with van der Waals surface area (Å²) in [5.74, 6) is 0. The molecule has 1 aliphatic heterocycles. The molecule has 0 bridgehead atoms. The molecule has 1 heterocycles. The van der Waals surface area contributed by atoms with E-state index in [1.54, 1.807) is 12.1 Å². The molecule has 1 aromatic rings. The van der Waals surface area contributed by atoms with Gasteiger partial charge in [0.05, 0.1) is 24.2 Å². The third-order valence-electron chi connectivity index (χ3n) is 2.44. The van der Waals surface area contributed by atoms with Crippen LogP contribution in [-0.2, 0) is 11.3 Å². The van der Waals surface area contributed by atoms with Gasteiger partial charge in [-0.15, -0.1) is 0 Å². The summed E-state index contributed by atoms with van der Waals surface area (Å²) in [6.07, 6.45) is 0. The van der Waals surface area contributed by atoms with E-state index in [2.05, 4.69) is 5.32 Å². The van der Waals surface area contributed by atoms with Gasteiger partial charge in [-0.1, -0.05) is 17.7 Å². The Bertz CT molecular complexity index is 407. The van der Waals surface area contributed by atoms with E-state index in [0.29, 0.717) is 25.8 Å². The maximum absolute atomic E-state index is 10.7. The van der Waals surface area contributed by atoms with Gasteiger partial charge in [0.2, 0.25) is 0 Å². The van der Waals surface area contributed by atoms with Crippen LogP contribution in [0.15, 0.2) is 18.2 Å². The van der Waals surface area contributed by atoms with Crippen molar-refractivity contribution in [2.75, 3.05) is 13.2 Å². The van der Waals surface area contributed by atoms with Crippen LogP contribution in [0.3, 0.4) is 0 Å². The minimum atomic E-state index is -0.474. The van der Waals surface area contributed by atoms with E-state index < -0.39 is 4.92 Å². The Morgan fingerprint density at radius 3 is 2.88 bits per heavy atom. The summed E-state index contributed by atoms with van der Waals surface area (Å²) in [7, 11) is 0. The van der Waals surface area contributed by atoms with Crippen LogP contribution in [-0.4, -0.2) is 24.2 Å². The molecule has 0 unspecified atom stereocenters. The predicted molar refractivity (Wildman–Crippen MR) is 59.6 cm³/mol. The van der Waals surface area contributed by atoms with Crippen molar-refractivity contribution in [1.82, 2.24) is 5.32 Å². The van der Waals surface area contributed by atoms with E-state index in [1.165, 1.54) is 6.07 Å². The first-order valence-corrected chi connectivity index (χ1v) is 5.28. The zero-order valence-corrected chi connectivity index (χ0v) is 9.24. The molecule has 86 valence electrons. The number of benzene rings is 1. The number of nitro groups is 1. The van der Waals surface area contributed by atoms with E-state index in [9.17, 15) is 10.1 Å². The molecule has 0 aliphatic carbocycles. The monoisotopic (exact) mass is 242 g/mol. The normalized spacial score (nSPS) is 15.8. The second-order valence-corrected chi connectivity index (χ2v) is 4.07. The molecule has 0 saturated carbocycles. The Balaban J connectivity index is 2.03. The summed E-state index contributed by atoms with van der Waals surface area (Å²) in [6, 6.07) is 5.18. The molecule has 0 atom stereocenters. The minimum Gasteiger partial charge on any atom is -0.378 e. The summed E-state index contributed by atoms with van der Waals surface area (Å²) < 4.78 is 5.01. The highest BCUT2D eigenvalue weighted by atomic mass is 35.5. The highest BCUT2D eigenvalue weighted by Crippen LogP contribution is 2.25. The summed E-state index contributed by atoms with van der Waals surface area (Å²) in [6.45, 7) is 2.00. The number of nitrogens with one attached hydrogen (secondary N) is 1. The molecule has 1 N–H and O–H groups in total. The first-order chi connectivity index (χ1) is 7.66. The van der Waals surface area contributed by atoms with Crippen LogP contribution in [0.25, 0.3) is 0 Å². The van der Waals surface area contributed by atoms with Crippen LogP contribution >= 0.6 is 11.6 Å². The van der Waals surface area contributed by atoms with E-state index in [4.69, 9.17) is 16.3 Å². The summed E-state index contributed by atoms with van der Waals surface area (Å²) >= 11 is 5.71. The fourth-order valence-electron chi connectivity index (χ4n) is 1.42. The molecule has 6 heteroatoms. The van der Waals surface area contributed by atoms with Crippen molar-refractivity contribution < 1.29 is 9.66 Å². The molecule has 1 fully saturated rings. The van der Waals surface area contributed by atoms with Crippen LogP contribution in [0.4, 0.5) is 5.69 Å². The molecular weight excluding hydrogens is 232 g/mol. The van der Waals surface area contributed by atoms with Crippen molar-refractivity contribution in [2.45, 2.75) is 12.6 Å². The van der Waals surface area contributed by atoms with Gasteiger partial charge in [0, 0.05) is 12.6 Å². The molecule has 1 aromatic carbocycles. The number of halogens is 1. The van der Waals surface area contributed by atoms with E-state index in [0.717, 1.165) is 5.56 Å². The van der Waals surface area contributed by atoms with Gasteiger partial charge in [-0.25, -0.2) is 0 Å². The molecule has 2 rings (SSSR count). The number of rotatable bonds is 4. The lowest BCUT2D eigenvalue weighted by Crippen LogP contribution is -2.45. The van der Waals surface area contributed by atoms with Gasteiger partial charge in [0.15, 0.2) is 0 Å². The maximum atomic E-state index is 10.7. The average molecular weight is 243 g/mol. The van der Waals surface area contributed by atoms with Crippen molar-refractivity contribution in [1.29, 1.82) is 0 Å². The molecule has 0 amide bonds. The SMILES string of the molecule is O=[N+]([O-])c1cc(CNC2COC2)ccc1Cl. The minimum absolute atomic E-state index is 0.0502. The Labute approximate surface area is 97.5 Å². The fraction of sp³-hybridized carbons (Fsp3) is 0.400. The zero-order valence-electron chi connectivity index (χ0n) is 8.48. The van der Waals surface area contributed by atoms with Crippen LogP contribution < -0.4 is 5.32 Å². The third kappa shape index (κ3) is 2.49. The van der Waals surface area contributed by atoms with Gasteiger partial charge in [0.25, 0.3) is 5.69 Å². The molecule has 16 heavy (non-hydrogen) atoms. The highest BCUT2D eigenvalue weighted by Gasteiger charge is 2.18. The highest BCUT2D eigenvalue weighted by molar-refractivity contribution is 6.32. The first-order valence-electron chi connectivity index (χ1n) is 4.91. The van der Waals surface area contributed by atoms with Crippen LogP contribution in [0.2, 0.25) is 5.02 Å². The molecule has 1 aliphatic rings. The lowest BCUT2D eigenvalue weighted by atomic mass is 10.2. The lowest BCUT2D eigenvalue weighted by molar-refractivity contribution is -0.384. The van der Waals surface area contributed by atoms with Crippen molar-refractivity contribution in [3.8, 4) is 0 Å². The summed E-state index contributed by atoms with van der Waals surface area (Å²) in [5.41, 5.74) is 0.800. The van der Waals surface area contributed by atoms with Gasteiger partial charge in [-0.3, -0.25) is 10.1 Å². The quantitative estimate of drug-likeness (QED) is 0.645. The van der Waals surface area contributed by atoms with Crippen molar-refractivity contribution >= 4 is 17.3 Å². The lowest BCUT2D eigenvalue weighted by Gasteiger charge is -2.26. The molecule has 0 radical (unpaired) electrons. The van der Waals surface area contributed by atoms with Crippen LogP contribution in [0, 0.1) is 10.1 Å². The summed E-state index contributed by atoms with van der Waals surface area (Å²) in [5, 5.41) is 14.1. The Hall–Kier alpha value is -1.17. The number of hydrogen-bond acceptors (Lipinski definition) is 4. The Kier molecular flexibility index (Phi) is 3.38. The molecule has 0 aromatic heterocycles. The molecule has 0 spiro atoms. The standard InChI is InChI=1S/C10H11ClN2O3/c11-9-2-1-7(3-10(9)13(14)15)4-12-8-5-16-6-8/h1-3,8,12H,4-6H2. The average Bonchev–Trinajstić information content (AvgIpc) is 2.17. The Morgan fingerprint density at radius 2 is 2.31 bits per heavy atom. The maximum Gasteiger partial charge on any atom is 0.288 e. The predicted octanol–water partition coefficient (Wildman–Crippen LogP) is 1.74. The van der Waals surface area contributed by atoms with Crippen molar-refractivity contribution in [3.63, 3.8) is 0 Å². The van der Waals surface area contributed by atoms with E-state index in [1.807, 2.05) is 0 Å². The number of hydrogen-bond donors (Lipinski definition) is 1. The zero-order chi connectivity index (χ0) is 11.5.